The van der Waals surface area contributed by atoms with Gasteiger partial charge >= 0.3 is 0 Å². The highest BCUT2D eigenvalue weighted by Crippen LogP contribution is 2.21. The van der Waals surface area contributed by atoms with Crippen LogP contribution in [0.25, 0.3) is 0 Å². The fraction of sp³-hybridized carbons (Fsp3) is 0.222. The Balaban J connectivity index is 1.92. The van der Waals surface area contributed by atoms with Gasteiger partial charge in [-0.2, -0.15) is 0 Å². The molecule has 6 heteroatoms. The quantitative estimate of drug-likeness (QED) is 0.784. The van der Waals surface area contributed by atoms with E-state index in [1.807, 2.05) is 30.3 Å². The van der Waals surface area contributed by atoms with Gasteiger partial charge in [0, 0.05) is 4.47 Å². The second-order valence-corrected chi connectivity index (χ2v) is 6.20. The molecule has 0 aliphatic rings. The standard InChI is InChI=1S/C18H17BrFNO3/c1-12(22)16(9-13-5-3-2-4-6-13)21-18(23)11-24-17-8-7-14(19)10-15(17)20/h2-8,10,16H,9,11H2,1H3,(H,21,23)/t16-/m0/s1. The zero-order chi connectivity index (χ0) is 17.5. The lowest BCUT2D eigenvalue weighted by molar-refractivity contribution is -0.128. The van der Waals surface area contributed by atoms with Gasteiger partial charge in [-0.1, -0.05) is 46.3 Å². The third kappa shape index (κ3) is 5.45. The second kappa shape index (κ2) is 8.59. The van der Waals surface area contributed by atoms with Gasteiger partial charge < -0.3 is 10.1 Å². The number of ketones is 1. The van der Waals surface area contributed by atoms with Gasteiger partial charge in [0.1, 0.15) is 0 Å². The van der Waals surface area contributed by atoms with E-state index in [1.165, 1.54) is 19.1 Å². The van der Waals surface area contributed by atoms with Crippen LogP contribution in [0.1, 0.15) is 12.5 Å². The van der Waals surface area contributed by atoms with Crippen molar-refractivity contribution in [2.24, 2.45) is 0 Å². The number of hydrogen-bond donors (Lipinski definition) is 1. The van der Waals surface area contributed by atoms with Crippen LogP contribution in [0.2, 0.25) is 0 Å². The smallest absolute Gasteiger partial charge is 0.258 e. The third-order valence-electron chi connectivity index (χ3n) is 3.36. The Labute approximate surface area is 148 Å². The summed E-state index contributed by atoms with van der Waals surface area (Å²) >= 11 is 3.14. The van der Waals surface area contributed by atoms with Crippen molar-refractivity contribution in [2.75, 3.05) is 6.61 Å². The molecule has 0 saturated heterocycles. The first-order valence-corrected chi connectivity index (χ1v) is 8.16. The van der Waals surface area contributed by atoms with Gasteiger partial charge in [-0.25, -0.2) is 4.39 Å². The Morgan fingerprint density at radius 2 is 1.92 bits per heavy atom. The molecule has 0 heterocycles. The van der Waals surface area contributed by atoms with E-state index in [4.69, 9.17) is 4.74 Å². The lowest BCUT2D eigenvalue weighted by atomic mass is 10.0. The van der Waals surface area contributed by atoms with Gasteiger partial charge in [0.25, 0.3) is 5.91 Å². The highest BCUT2D eigenvalue weighted by atomic mass is 79.9. The van der Waals surface area contributed by atoms with E-state index < -0.39 is 17.8 Å². The Bertz CT molecular complexity index is 721. The average molecular weight is 394 g/mol. The van der Waals surface area contributed by atoms with Crippen LogP contribution >= 0.6 is 15.9 Å². The summed E-state index contributed by atoms with van der Waals surface area (Å²) in [7, 11) is 0. The van der Waals surface area contributed by atoms with Crippen molar-refractivity contribution in [3.8, 4) is 5.75 Å². The largest absolute Gasteiger partial charge is 0.481 e. The van der Waals surface area contributed by atoms with Crippen molar-refractivity contribution in [1.82, 2.24) is 5.32 Å². The molecule has 2 aromatic rings. The van der Waals surface area contributed by atoms with Crippen LogP contribution in [0.4, 0.5) is 4.39 Å². The molecule has 4 nitrogen and oxygen atoms in total. The summed E-state index contributed by atoms with van der Waals surface area (Å²) in [5.74, 6) is -1.21. The predicted molar refractivity (Wildman–Crippen MR) is 92.4 cm³/mol. The van der Waals surface area contributed by atoms with E-state index in [0.717, 1.165) is 5.56 Å². The van der Waals surface area contributed by atoms with E-state index in [1.54, 1.807) is 6.07 Å². The molecule has 0 aliphatic carbocycles. The van der Waals surface area contributed by atoms with Gasteiger partial charge in [-0.05, 0) is 37.1 Å². The predicted octanol–water partition coefficient (Wildman–Crippen LogP) is 3.28. The van der Waals surface area contributed by atoms with Crippen LogP contribution in [-0.2, 0) is 16.0 Å². The molecular weight excluding hydrogens is 377 g/mol. The molecule has 24 heavy (non-hydrogen) atoms. The first kappa shape index (κ1) is 18.1. The first-order chi connectivity index (χ1) is 11.5. The second-order valence-electron chi connectivity index (χ2n) is 5.28. The van der Waals surface area contributed by atoms with Crippen molar-refractivity contribution in [1.29, 1.82) is 0 Å². The van der Waals surface area contributed by atoms with E-state index in [0.29, 0.717) is 10.9 Å². The zero-order valence-electron chi connectivity index (χ0n) is 13.1. The molecule has 0 fully saturated rings. The maximum atomic E-state index is 13.6. The molecule has 0 radical (unpaired) electrons. The minimum Gasteiger partial charge on any atom is -0.481 e. The number of ether oxygens (including phenoxy) is 1. The van der Waals surface area contributed by atoms with Crippen LogP contribution in [0, 0.1) is 5.82 Å². The molecule has 0 bridgehead atoms. The Hall–Kier alpha value is -2.21. The normalized spacial score (nSPS) is 11.6. The van der Waals surface area contributed by atoms with Gasteiger partial charge in [0.15, 0.2) is 24.0 Å². The highest BCUT2D eigenvalue weighted by Gasteiger charge is 2.18. The number of nitrogens with one attached hydrogen (secondary N) is 1. The maximum Gasteiger partial charge on any atom is 0.258 e. The van der Waals surface area contributed by atoms with Crippen LogP contribution in [0.15, 0.2) is 53.0 Å². The molecule has 126 valence electrons. The van der Waals surface area contributed by atoms with Crippen molar-refractivity contribution >= 4 is 27.6 Å². The van der Waals surface area contributed by atoms with Gasteiger partial charge in [0.05, 0.1) is 6.04 Å². The topological polar surface area (TPSA) is 55.4 Å². The molecule has 1 atom stereocenters. The molecule has 0 unspecified atom stereocenters. The van der Waals surface area contributed by atoms with Crippen molar-refractivity contribution in [3.63, 3.8) is 0 Å². The van der Waals surface area contributed by atoms with Crippen LogP contribution in [-0.4, -0.2) is 24.3 Å². The molecule has 2 rings (SSSR count). The lowest BCUT2D eigenvalue weighted by Crippen LogP contribution is -2.43. The third-order valence-corrected chi connectivity index (χ3v) is 3.85. The molecule has 2 aromatic carbocycles. The van der Waals surface area contributed by atoms with Crippen LogP contribution < -0.4 is 10.1 Å². The van der Waals surface area contributed by atoms with Gasteiger partial charge in [0.2, 0.25) is 0 Å². The van der Waals surface area contributed by atoms with E-state index in [-0.39, 0.29) is 18.1 Å². The first-order valence-electron chi connectivity index (χ1n) is 7.37. The van der Waals surface area contributed by atoms with Crippen molar-refractivity contribution < 1.29 is 18.7 Å². The molecule has 1 amide bonds. The van der Waals surface area contributed by atoms with Crippen LogP contribution in [0.3, 0.4) is 0 Å². The Kier molecular flexibility index (Phi) is 6.49. The number of Topliss-reactive ketones (excluding diaryl/α,β-unsaturated/α-hetero) is 1. The molecule has 0 saturated carbocycles. The van der Waals surface area contributed by atoms with Crippen molar-refractivity contribution in [3.05, 3.63) is 64.4 Å². The van der Waals surface area contributed by atoms with Gasteiger partial charge in [-0.3, -0.25) is 9.59 Å². The fourth-order valence-electron chi connectivity index (χ4n) is 2.12. The summed E-state index contributed by atoms with van der Waals surface area (Å²) in [6, 6.07) is 13.0. The Morgan fingerprint density at radius 3 is 2.54 bits per heavy atom. The summed E-state index contributed by atoms with van der Waals surface area (Å²) in [6.07, 6.45) is 0.397. The molecule has 0 spiro atoms. The summed E-state index contributed by atoms with van der Waals surface area (Å²) in [5.41, 5.74) is 0.942. The number of benzene rings is 2. The fourth-order valence-corrected chi connectivity index (χ4v) is 2.45. The van der Waals surface area contributed by atoms with E-state index in [2.05, 4.69) is 21.2 Å². The number of amides is 1. The number of rotatable bonds is 7. The molecule has 0 aliphatic heterocycles. The summed E-state index contributed by atoms with van der Waals surface area (Å²) in [4.78, 5) is 23.7. The zero-order valence-corrected chi connectivity index (χ0v) is 14.7. The minimum absolute atomic E-state index is 0.0178. The maximum absolute atomic E-state index is 13.6. The van der Waals surface area contributed by atoms with Crippen molar-refractivity contribution in [2.45, 2.75) is 19.4 Å². The summed E-state index contributed by atoms with van der Waals surface area (Å²) in [6.45, 7) is 1.06. The summed E-state index contributed by atoms with van der Waals surface area (Å²) < 4.78 is 19.4. The number of hydrogen-bond acceptors (Lipinski definition) is 3. The summed E-state index contributed by atoms with van der Waals surface area (Å²) in [5, 5.41) is 2.62. The molecule has 0 aromatic heterocycles. The van der Waals surface area contributed by atoms with E-state index >= 15 is 0 Å². The number of halogens is 2. The number of carbonyl (C=O) groups excluding carboxylic acids is 2. The highest BCUT2D eigenvalue weighted by molar-refractivity contribution is 9.10. The number of carbonyl (C=O) groups is 2. The SMILES string of the molecule is CC(=O)[C@H](Cc1ccccc1)NC(=O)COc1ccc(Br)cc1F. The van der Waals surface area contributed by atoms with Gasteiger partial charge in [-0.15, -0.1) is 0 Å². The molecule has 1 N–H and O–H groups in total. The monoisotopic (exact) mass is 393 g/mol. The molecular formula is C18H17BrFNO3. The minimum atomic E-state index is -0.640. The Morgan fingerprint density at radius 1 is 1.21 bits per heavy atom. The lowest BCUT2D eigenvalue weighted by Gasteiger charge is -2.16. The van der Waals surface area contributed by atoms with Crippen LogP contribution in [0.5, 0.6) is 5.75 Å². The average Bonchev–Trinajstić information content (AvgIpc) is 2.54. The van der Waals surface area contributed by atoms with E-state index in [9.17, 15) is 14.0 Å².